The van der Waals surface area contributed by atoms with E-state index in [1.807, 2.05) is 24.3 Å². The molecule has 11 heteroatoms. The predicted octanol–water partition coefficient (Wildman–Crippen LogP) is 4.98. The Balaban J connectivity index is 1.70. The third-order valence-corrected chi connectivity index (χ3v) is 6.15. The maximum Gasteiger partial charge on any atom is 0.338 e. The van der Waals surface area contributed by atoms with Crippen LogP contribution in [0.25, 0.3) is 0 Å². The summed E-state index contributed by atoms with van der Waals surface area (Å²) >= 11 is 7.50. The molecular weight excluding hydrogens is 466 g/mol. The number of benzene rings is 2. The molecule has 9 nitrogen and oxygen atoms in total. The number of nitro groups is 1. The Labute approximate surface area is 199 Å². The lowest BCUT2D eigenvalue weighted by molar-refractivity contribution is -0.384. The van der Waals surface area contributed by atoms with Crippen molar-refractivity contribution in [2.24, 2.45) is 0 Å². The molecule has 0 radical (unpaired) electrons. The minimum atomic E-state index is -0.644. The van der Waals surface area contributed by atoms with Crippen LogP contribution in [0.15, 0.2) is 65.0 Å². The van der Waals surface area contributed by atoms with E-state index < -0.39 is 16.9 Å². The lowest BCUT2D eigenvalue weighted by atomic mass is 9.95. The molecule has 1 aliphatic rings. The van der Waals surface area contributed by atoms with Gasteiger partial charge >= 0.3 is 5.97 Å². The van der Waals surface area contributed by atoms with E-state index in [9.17, 15) is 14.9 Å². The first-order valence-corrected chi connectivity index (χ1v) is 11.5. The molecule has 0 saturated carbocycles. The van der Waals surface area contributed by atoms with E-state index in [0.29, 0.717) is 38.7 Å². The lowest BCUT2D eigenvalue weighted by Gasteiger charge is -2.28. The summed E-state index contributed by atoms with van der Waals surface area (Å²) in [7, 11) is 0. The van der Waals surface area contributed by atoms with Gasteiger partial charge in [0, 0.05) is 28.6 Å². The highest BCUT2D eigenvalue weighted by Gasteiger charge is 2.35. The van der Waals surface area contributed by atoms with E-state index in [-0.39, 0.29) is 12.3 Å². The Kier molecular flexibility index (Phi) is 6.66. The number of non-ortho nitro benzene ring substituents is 1. The monoisotopic (exact) mass is 485 g/mol. The zero-order valence-corrected chi connectivity index (χ0v) is 19.4. The number of rotatable bonds is 7. The molecule has 0 unspecified atom stereocenters. The summed E-state index contributed by atoms with van der Waals surface area (Å²) in [5.41, 5.74) is 2.60. The molecule has 1 aliphatic heterocycles. The SMILES string of the molecule is CCOC(=O)C1=C(C)Nc2nc(SCc3cccc(Cl)c3)nn2[C@@H]1c1ccc([N+](=O)[O-])cc1. The van der Waals surface area contributed by atoms with E-state index in [4.69, 9.17) is 16.3 Å². The molecule has 1 aromatic heterocycles. The van der Waals surface area contributed by atoms with E-state index >= 15 is 0 Å². The number of fused-ring (bicyclic) bond motifs is 1. The van der Waals surface area contributed by atoms with Crippen molar-refractivity contribution in [3.05, 3.63) is 86.1 Å². The fourth-order valence-corrected chi connectivity index (χ4v) is 4.51. The highest BCUT2D eigenvalue weighted by atomic mass is 35.5. The molecule has 1 N–H and O–H groups in total. The van der Waals surface area contributed by atoms with Crippen LogP contribution in [-0.2, 0) is 15.3 Å². The second-order valence-electron chi connectivity index (χ2n) is 7.22. The second kappa shape index (κ2) is 9.63. The van der Waals surface area contributed by atoms with Gasteiger partial charge in [0.1, 0.15) is 6.04 Å². The van der Waals surface area contributed by atoms with Crippen LogP contribution >= 0.6 is 23.4 Å². The summed E-state index contributed by atoms with van der Waals surface area (Å²) in [6, 6.07) is 12.9. The van der Waals surface area contributed by atoms with Gasteiger partial charge in [0.05, 0.1) is 17.1 Å². The maximum atomic E-state index is 12.8. The lowest BCUT2D eigenvalue weighted by Crippen LogP contribution is -2.29. The average Bonchev–Trinajstić information content (AvgIpc) is 3.19. The van der Waals surface area contributed by atoms with Crippen molar-refractivity contribution in [1.82, 2.24) is 14.8 Å². The van der Waals surface area contributed by atoms with Crippen molar-refractivity contribution < 1.29 is 14.5 Å². The number of nitrogens with zero attached hydrogens (tertiary/aromatic N) is 4. The summed E-state index contributed by atoms with van der Waals surface area (Å²) < 4.78 is 6.89. The molecule has 0 bridgehead atoms. The van der Waals surface area contributed by atoms with Crippen LogP contribution in [0.5, 0.6) is 0 Å². The normalized spacial score (nSPS) is 15.1. The van der Waals surface area contributed by atoms with Crippen molar-refractivity contribution in [3.8, 4) is 0 Å². The van der Waals surface area contributed by atoms with Crippen LogP contribution in [0.2, 0.25) is 5.02 Å². The largest absolute Gasteiger partial charge is 0.463 e. The quantitative estimate of drug-likeness (QED) is 0.216. The van der Waals surface area contributed by atoms with Crippen molar-refractivity contribution in [1.29, 1.82) is 0 Å². The third-order valence-electron chi connectivity index (χ3n) is 5.01. The van der Waals surface area contributed by atoms with Crippen molar-refractivity contribution in [3.63, 3.8) is 0 Å². The first-order valence-electron chi connectivity index (χ1n) is 10.1. The molecule has 0 spiro atoms. The summed E-state index contributed by atoms with van der Waals surface area (Å²) in [5.74, 6) is 0.598. The summed E-state index contributed by atoms with van der Waals surface area (Å²) in [5, 5.41) is 20.0. The van der Waals surface area contributed by atoms with Crippen LogP contribution in [0.3, 0.4) is 0 Å². The highest BCUT2D eigenvalue weighted by molar-refractivity contribution is 7.98. The van der Waals surface area contributed by atoms with E-state index in [2.05, 4.69) is 15.4 Å². The molecule has 0 fully saturated rings. The van der Waals surface area contributed by atoms with Gasteiger partial charge < -0.3 is 10.1 Å². The van der Waals surface area contributed by atoms with Gasteiger partial charge in [0.25, 0.3) is 5.69 Å². The topological polar surface area (TPSA) is 112 Å². The van der Waals surface area contributed by atoms with Crippen LogP contribution < -0.4 is 5.32 Å². The summed E-state index contributed by atoms with van der Waals surface area (Å²) in [4.78, 5) is 28.0. The van der Waals surface area contributed by atoms with Gasteiger partial charge in [0.15, 0.2) is 0 Å². The average molecular weight is 486 g/mol. The van der Waals surface area contributed by atoms with Gasteiger partial charge in [0.2, 0.25) is 11.1 Å². The Morgan fingerprint density at radius 3 is 2.73 bits per heavy atom. The molecule has 2 heterocycles. The molecule has 4 rings (SSSR count). The van der Waals surface area contributed by atoms with Crippen molar-refractivity contribution in [2.75, 3.05) is 11.9 Å². The minimum Gasteiger partial charge on any atom is -0.463 e. The van der Waals surface area contributed by atoms with Crippen LogP contribution in [0.4, 0.5) is 11.6 Å². The molecular formula is C22H20ClN5O4S. The molecule has 3 aromatic rings. The number of anilines is 1. The van der Waals surface area contributed by atoms with Gasteiger partial charge in [-0.05, 0) is 49.2 Å². The fraction of sp³-hybridized carbons (Fsp3) is 0.227. The smallest absolute Gasteiger partial charge is 0.338 e. The number of thioether (sulfide) groups is 1. The number of hydrogen-bond donors (Lipinski definition) is 1. The van der Waals surface area contributed by atoms with Crippen molar-refractivity contribution >= 4 is 41.0 Å². The number of allylic oxidation sites excluding steroid dienone is 1. The number of ether oxygens (including phenoxy) is 1. The minimum absolute atomic E-state index is 0.0392. The van der Waals surface area contributed by atoms with Gasteiger partial charge in [-0.15, -0.1) is 5.10 Å². The summed E-state index contributed by atoms with van der Waals surface area (Å²) in [6.45, 7) is 3.71. The van der Waals surface area contributed by atoms with Crippen LogP contribution in [0, 0.1) is 10.1 Å². The summed E-state index contributed by atoms with van der Waals surface area (Å²) in [6.07, 6.45) is 0. The number of halogens is 1. The van der Waals surface area contributed by atoms with E-state index in [1.165, 1.54) is 23.9 Å². The first-order chi connectivity index (χ1) is 15.9. The van der Waals surface area contributed by atoms with E-state index in [0.717, 1.165) is 5.56 Å². The fourth-order valence-electron chi connectivity index (χ4n) is 3.53. The molecule has 1 atom stereocenters. The van der Waals surface area contributed by atoms with Gasteiger partial charge in [-0.25, -0.2) is 9.48 Å². The molecule has 0 saturated heterocycles. The van der Waals surface area contributed by atoms with Crippen molar-refractivity contribution in [2.45, 2.75) is 30.8 Å². The molecule has 33 heavy (non-hydrogen) atoms. The Morgan fingerprint density at radius 2 is 2.06 bits per heavy atom. The molecule has 0 amide bonds. The molecule has 2 aromatic carbocycles. The standard InChI is InChI=1S/C22H20ClN5O4S/c1-3-32-20(29)18-13(2)24-21-25-22(33-12-14-5-4-6-16(23)11-14)26-27(21)19(18)15-7-9-17(10-8-15)28(30)31/h4-11,19H,3,12H2,1-2H3,(H,24,25,26)/t19-/m1/s1. The van der Waals surface area contributed by atoms with Crippen LogP contribution in [0.1, 0.15) is 31.0 Å². The Hall–Kier alpha value is -3.37. The molecule has 0 aliphatic carbocycles. The van der Waals surface area contributed by atoms with Gasteiger partial charge in [-0.2, -0.15) is 4.98 Å². The number of hydrogen-bond acceptors (Lipinski definition) is 8. The zero-order chi connectivity index (χ0) is 23.5. The number of carbonyl (C=O) groups is 1. The Bertz CT molecular complexity index is 1240. The number of nitrogens with one attached hydrogen (secondary N) is 1. The number of esters is 1. The Morgan fingerprint density at radius 1 is 1.30 bits per heavy atom. The number of nitro benzene ring substituents is 1. The second-order valence-corrected chi connectivity index (χ2v) is 8.60. The van der Waals surface area contributed by atoms with Gasteiger partial charge in [-0.3, -0.25) is 10.1 Å². The third kappa shape index (κ3) is 4.86. The van der Waals surface area contributed by atoms with E-state index in [1.54, 1.807) is 30.7 Å². The maximum absolute atomic E-state index is 12.8. The van der Waals surface area contributed by atoms with Gasteiger partial charge in [-0.1, -0.05) is 35.5 Å². The highest BCUT2D eigenvalue weighted by Crippen LogP contribution is 2.37. The first kappa shape index (κ1) is 22.8. The molecule has 170 valence electrons. The number of aromatic nitrogens is 3. The van der Waals surface area contributed by atoms with Crippen LogP contribution in [-0.4, -0.2) is 32.3 Å². The number of carbonyl (C=O) groups excluding carboxylic acids is 1. The predicted molar refractivity (Wildman–Crippen MR) is 125 cm³/mol. The zero-order valence-electron chi connectivity index (χ0n) is 17.8.